The summed E-state index contributed by atoms with van der Waals surface area (Å²) in [6.07, 6.45) is 8.63. The Hall–Kier alpha value is -1.90. The minimum atomic E-state index is 0.958. The normalized spacial score (nSPS) is 18.1. The molecule has 2 aliphatic rings. The Morgan fingerprint density at radius 1 is 0.773 bits per heavy atom. The molecule has 2 aromatic rings. The number of anilines is 1. The maximum atomic E-state index is 4.99. The van der Waals surface area contributed by atoms with Crippen molar-refractivity contribution >= 4 is 5.95 Å². The van der Waals surface area contributed by atoms with E-state index in [4.69, 9.17) is 9.97 Å². The van der Waals surface area contributed by atoms with Crippen LogP contribution in [0.5, 0.6) is 0 Å². The van der Waals surface area contributed by atoms with Crippen molar-refractivity contribution in [3.8, 4) is 11.3 Å². The van der Waals surface area contributed by atoms with Gasteiger partial charge in [-0.3, -0.25) is 0 Å². The van der Waals surface area contributed by atoms with Gasteiger partial charge in [0.1, 0.15) is 0 Å². The van der Waals surface area contributed by atoms with E-state index < -0.39 is 0 Å². The third kappa shape index (κ3) is 2.60. The number of fused-ring (bicyclic) bond motifs is 1. The number of benzene rings is 1. The van der Waals surface area contributed by atoms with Gasteiger partial charge < -0.3 is 4.90 Å². The maximum Gasteiger partial charge on any atom is 0.226 e. The van der Waals surface area contributed by atoms with Crippen molar-refractivity contribution < 1.29 is 0 Å². The van der Waals surface area contributed by atoms with Crippen LogP contribution in [0.3, 0.4) is 0 Å². The van der Waals surface area contributed by atoms with Gasteiger partial charge in [0.2, 0.25) is 5.95 Å². The summed E-state index contributed by atoms with van der Waals surface area (Å²) in [5.41, 5.74) is 5.09. The van der Waals surface area contributed by atoms with Gasteiger partial charge in [-0.25, -0.2) is 9.97 Å². The molecule has 0 unspecified atom stereocenters. The summed E-state index contributed by atoms with van der Waals surface area (Å²) in [6, 6.07) is 10.6. The molecule has 0 atom stereocenters. The molecule has 0 radical (unpaired) electrons. The van der Waals surface area contributed by atoms with Crippen LogP contribution in [-0.4, -0.2) is 23.1 Å². The Bertz CT molecular complexity index is 645. The summed E-state index contributed by atoms with van der Waals surface area (Å²) in [7, 11) is 0. The van der Waals surface area contributed by atoms with Gasteiger partial charge in [0.25, 0.3) is 0 Å². The largest absolute Gasteiger partial charge is 0.341 e. The molecule has 0 bridgehead atoms. The Labute approximate surface area is 132 Å². The number of hydrogen-bond donors (Lipinski definition) is 0. The minimum Gasteiger partial charge on any atom is -0.341 e. The first-order valence-electron chi connectivity index (χ1n) is 8.62. The van der Waals surface area contributed by atoms with Gasteiger partial charge in [0.15, 0.2) is 0 Å². The van der Waals surface area contributed by atoms with E-state index in [0.717, 1.165) is 31.9 Å². The lowest BCUT2D eigenvalue weighted by Crippen LogP contribution is -2.31. The van der Waals surface area contributed by atoms with Crippen LogP contribution in [0.1, 0.15) is 43.4 Å². The van der Waals surface area contributed by atoms with Crippen molar-refractivity contribution in [2.24, 2.45) is 0 Å². The third-order valence-electron chi connectivity index (χ3n) is 4.86. The number of nitrogens with zero attached hydrogens (tertiary/aromatic N) is 3. The highest BCUT2D eigenvalue weighted by Gasteiger charge is 2.21. The van der Waals surface area contributed by atoms with Crippen LogP contribution >= 0.6 is 0 Å². The van der Waals surface area contributed by atoms with E-state index in [-0.39, 0.29) is 0 Å². The lowest BCUT2D eigenvalue weighted by atomic mass is 9.92. The third-order valence-corrected chi connectivity index (χ3v) is 4.86. The summed E-state index contributed by atoms with van der Waals surface area (Å²) in [4.78, 5) is 12.3. The van der Waals surface area contributed by atoms with Crippen molar-refractivity contribution in [1.82, 2.24) is 9.97 Å². The molecule has 0 N–H and O–H groups in total. The maximum absolute atomic E-state index is 4.99. The Kier molecular flexibility index (Phi) is 3.79. The monoisotopic (exact) mass is 293 g/mol. The minimum absolute atomic E-state index is 0.958. The lowest BCUT2D eigenvalue weighted by molar-refractivity contribution is 0.564. The van der Waals surface area contributed by atoms with Crippen LogP contribution in [0.15, 0.2) is 30.3 Å². The van der Waals surface area contributed by atoms with E-state index in [1.807, 2.05) is 0 Å². The first-order valence-corrected chi connectivity index (χ1v) is 8.62. The average molecular weight is 293 g/mol. The molecular formula is C19H23N3. The molecule has 0 spiro atoms. The summed E-state index contributed by atoms with van der Waals surface area (Å²) in [5.74, 6) is 0.958. The zero-order valence-electron chi connectivity index (χ0n) is 13.1. The van der Waals surface area contributed by atoms with Crippen molar-refractivity contribution in [2.45, 2.75) is 44.9 Å². The van der Waals surface area contributed by atoms with Gasteiger partial charge in [-0.05, 0) is 44.9 Å². The number of aromatic nitrogens is 2. The molecule has 1 aromatic carbocycles. The molecule has 22 heavy (non-hydrogen) atoms. The fourth-order valence-corrected chi connectivity index (χ4v) is 3.65. The Balaban J connectivity index is 1.81. The number of hydrogen-bond acceptors (Lipinski definition) is 3. The predicted octanol–water partition coefficient (Wildman–Crippen LogP) is 4.01. The second-order valence-corrected chi connectivity index (χ2v) is 6.42. The number of rotatable bonds is 2. The molecule has 114 valence electrons. The molecule has 1 saturated heterocycles. The molecule has 1 aliphatic carbocycles. The molecule has 3 nitrogen and oxygen atoms in total. The first-order chi connectivity index (χ1) is 10.9. The highest BCUT2D eigenvalue weighted by atomic mass is 15.3. The summed E-state index contributed by atoms with van der Waals surface area (Å²) in [5, 5.41) is 0. The second-order valence-electron chi connectivity index (χ2n) is 6.42. The van der Waals surface area contributed by atoms with Crippen molar-refractivity contribution in [3.63, 3.8) is 0 Å². The van der Waals surface area contributed by atoms with Crippen LogP contribution in [-0.2, 0) is 12.8 Å². The smallest absolute Gasteiger partial charge is 0.226 e. The first kappa shape index (κ1) is 13.7. The summed E-state index contributed by atoms with van der Waals surface area (Å²) >= 11 is 0. The van der Waals surface area contributed by atoms with Crippen molar-refractivity contribution in [3.05, 3.63) is 41.6 Å². The number of piperidine rings is 1. The zero-order chi connectivity index (χ0) is 14.8. The SMILES string of the molecule is c1ccc(-c2nc(N3CCCCC3)nc3c2CCCC3)cc1. The Morgan fingerprint density at radius 3 is 2.36 bits per heavy atom. The molecule has 1 aliphatic heterocycles. The summed E-state index contributed by atoms with van der Waals surface area (Å²) in [6.45, 7) is 2.21. The topological polar surface area (TPSA) is 29.0 Å². The highest BCUT2D eigenvalue weighted by Crippen LogP contribution is 2.31. The zero-order valence-corrected chi connectivity index (χ0v) is 13.1. The van der Waals surface area contributed by atoms with E-state index in [1.54, 1.807) is 0 Å². The fraction of sp³-hybridized carbons (Fsp3) is 0.474. The summed E-state index contributed by atoms with van der Waals surface area (Å²) < 4.78 is 0. The second kappa shape index (κ2) is 6.07. The molecule has 1 aromatic heterocycles. The molecule has 3 heteroatoms. The molecule has 1 fully saturated rings. The van der Waals surface area contributed by atoms with E-state index >= 15 is 0 Å². The molecule has 0 saturated carbocycles. The van der Waals surface area contributed by atoms with Crippen LogP contribution in [0, 0.1) is 0 Å². The molecule has 2 heterocycles. The van der Waals surface area contributed by atoms with Gasteiger partial charge >= 0.3 is 0 Å². The lowest BCUT2D eigenvalue weighted by Gasteiger charge is -2.29. The van der Waals surface area contributed by atoms with Crippen molar-refractivity contribution in [2.75, 3.05) is 18.0 Å². The highest BCUT2D eigenvalue weighted by molar-refractivity contribution is 5.66. The predicted molar refractivity (Wildman–Crippen MR) is 90.2 cm³/mol. The van der Waals surface area contributed by atoms with Gasteiger partial charge in [-0.1, -0.05) is 30.3 Å². The van der Waals surface area contributed by atoms with Gasteiger partial charge in [0.05, 0.1) is 5.69 Å². The Morgan fingerprint density at radius 2 is 1.55 bits per heavy atom. The van der Waals surface area contributed by atoms with Crippen molar-refractivity contribution in [1.29, 1.82) is 0 Å². The standard InChI is InChI=1S/C19H23N3/c1-3-9-15(10-4-1)18-16-11-5-6-12-17(16)20-19(21-18)22-13-7-2-8-14-22/h1,3-4,9-10H,2,5-8,11-14H2. The van der Waals surface area contributed by atoms with E-state index in [9.17, 15) is 0 Å². The van der Waals surface area contributed by atoms with E-state index in [0.29, 0.717) is 0 Å². The van der Waals surface area contributed by atoms with Gasteiger partial charge in [0, 0.05) is 29.9 Å². The van der Waals surface area contributed by atoms with Crippen LogP contribution in [0.2, 0.25) is 0 Å². The quantitative estimate of drug-likeness (QED) is 0.837. The molecular weight excluding hydrogens is 270 g/mol. The van der Waals surface area contributed by atoms with E-state index in [2.05, 4.69) is 35.2 Å². The van der Waals surface area contributed by atoms with E-state index in [1.165, 1.54) is 54.6 Å². The average Bonchev–Trinajstić information content (AvgIpc) is 2.62. The number of aryl methyl sites for hydroxylation is 1. The molecule has 4 rings (SSSR count). The van der Waals surface area contributed by atoms with Gasteiger partial charge in [-0.15, -0.1) is 0 Å². The van der Waals surface area contributed by atoms with Crippen LogP contribution < -0.4 is 4.90 Å². The van der Waals surface area contributed by atoms with Crippen LogP contribution in [0.4, 0.5) is 5.95 Å². The molecule has 0 amide bonds. The van der Waals surface area contributed by atoms with Crippen LogP contribution in [0.25, 0.3) is 11.3 Å². The fourth-order valence-electron chi connectivity index (χ4n) is 3.65. The van der Waals surface area contributed by atoms with Gasteiger partial charge in [-0.2, -0.15) is 0 Å².